The largest absolute Gasteiger partial charge is 0.438 e. The van der Waals surface area contributed by atoms with Crippen LogP contribution in [0.15, 0.2) is 9.32 Å². The maximum absolute atomic E-state index is 12.4. The Morgan fingerprint density at radius 3 is 2.91 bits per heavy atom. The first-order valence-corrected chi connectivity index (χ1v) is 7.75. The maximum atomic E-state index is 12.4. The third-order valence-corrected chi connectivity index (χ3v) is 4.38. The fourth-order valence-electron chi connectivity index (χ4n) is 3.10. The van der Waals surface area contributed by atoms with Crippen LogP contribution in [0, 0.1) is 0 Å². The van der Waals surface area contributed by atoms with E-state index in [0.717, 1.165) is 25.7 Å². The van der Waals surface area contributed by atoms with Crippen LogP contribution in [-0.2, 0) is 9.59 Å². The van der Waals surface area contributed by atoms with Crippen molar-refractivity contribution in [3.8, 4) is 0 Å². The molecule has 0 saturated carbocycles. The Morgan fingerprint density at radius 2 is 2.14 bits per heavy atom. The van der Waals surface area contributed by atoms with E-state index in [1.165, 1.54) is 0 Å². The lowest BCUT2D eigenvalue weighted by atomic mass is 10.1. The molecule has 2 aliphatic rings. The molecule has 1 unspecified atom stereocenters. The highest BCUT2D eigenvalue weighted by molar-refractivity contribution is 5.85. The van der Waals surface area contributed by atoms with Gasteiger partial charge in [0.05, 0.1) is 6.54 Å². The molecule has 8 nitrogen and oxygen atoms in total. The van der Waals surface area contributed by atoms with Gasteiger partial charge < -0.3 is 9.80 Å². The lowest BCUT2D eigenvalue weighted by Crippen LogP contribution is -2.41. The standard InChI is InChI=1S/C14H20N4O4/c19-11-4-2-1-3-6-17(11)9-12(20)18-7-5-10(8-18)13-15-14(21)22-16-13/h10H,1-9H2,(H,15,16,21). The molecule has 120 valence electrons. The molecule has 0 spiro atoms. The highest BCUT2D eigenvalue weighted by Gasteiger charge is 2.31. The summed E-state index contributed by atoms with van der Waals surface area (Å²) in [5.41, 5.74) is 0. The number of hydrogen-bond acceptors (Lipinski definition) is 5. The first-order valence-electron chi connectivity index (χ1n) is 7.75. The van der Waals surface area contributed by atoms with Gasteiger partial charge in [-0.1, -0.05) is 11.6 Å². The van der Waals surface area contributed by atoms with Crippen LogP contribution in [0.1, 0.15) is 43.8 Å². The number of rotatable bonds is 3. The number of H-pyrrole nitrogens is 1. The number of carbonyl (C=O) groups excluding carboxylic acids is 2. The lowest BCUT2D eigenvalue weighted by Gasteiger charge is -2.23. The molecule has 2 aliphatic heterocycles. The van der Waals surface area contributed by atoms with E-state index in [-0.39, 0.29) is 24.3 Å². The smallest absolute Gasteiger partial charge is 0.340 e. The zero-order valence-corrected chi connectivity index (χ0v) is 12.4. The molecule has 2 saturated heterocycles. The predicted molar refractivity (Wildman–Crippen MR) is 76.1 cm³/mol. The van der Waals surface area contributed by atoms with Gasteiger partial charge in [0, 0.05) is 32.0 Å². The van der Waals surface area contributed by atoms with Crippen LogP contribution in [0.3, 0.4) is 0 Å². The van der Waals surface area contributed by atoms with Crippen LogP contribution >= 0.6 is 0 Å². The van der Waals surface area contributed by atoms with Crippen molar-refractivity contribution in [2.75, 3.05) is 26.2 Å². The van der Waals surface area contributed by atoms with Crippen LogP contribution in [0.25, 0.3) is 0 Å². The van der Waals surface area contributed by atoms with E-state index in [4.69, 9.17) is 0 Å². The summed E-state index contributed by atoms with van der Waals surface area (Å²) in [6.07, 6.45) is 4.19. The fraction of sp³-hybridized carbons (Fsp3) is 0.714. The van der Waals surface area contributed by atoms with Gasteiger partial charge in [-0.3, -0.25) is 19.1 Å². The van der Waals surface area contributed by atoms with E-state index in [1.54, 1.807) is 9.80 Å². The Bertz CT molecular complexity index is 608. The number of likely N-dealkylation sites (tertiary alicyclic amines) is 2. The molecule has 0 aliphatic carbocycles. The summed E-state index contributed by atoms with van der Waals surface area (Å²) in [5, 5.41) is 3.69. The number of nitrogens with zero attached hydrogens (tertiary/aromatic N) is 3. The molecule has 1 N–H and O–H groups in total. The summed E-state index contributed by atoms with van der Waals surface area (Å²) in [6, 6.07) is 0. The van der Waals surface area contributed by atoms with Gasteiger partial charge in [-0.15, -0.1) is 0 Å². The number of nitrogens with one attached hydrogen (secondary N) is 1. The summed E-state index contributed by atoms with van der Waals surface area (Å²) >= 11 is 0. The van der Waals surface area contributed by atoms with Crippen molar-refractivity contribution in [1.29, 1.82) is 0 Å². The Kier molecular flexibility index (Phi) is 4.26. The molecule has 3 heterocycles. The SMILES string of the molecule is O=C1CCCCCN1CC(=O)N1CCC(c2noc(=O)[nH]2)C1. The van der Waals surface area contributed by atoms with Gasteiger partial charge in [0.1, 0.15) is 0 Å². The average Bonchev–Trinajstić information content (AvgIpc) is 3.09. The van der Waals surface area contributed by atoms with E-state index in [0.29, 0.717) is 31.9 Å². The van der Waals surface area contributed by atoms with Crippen LogP contribution in [0.2, 0.25) is 0 Å². The molecule has 0 radical (unpaired) electrons. The normalized spacial score (nSPS) is 22.9. The van der Waals surface area contributed by atoms with Crippen molar-refractivity contribution in [2.45, 2.75) is 38.0 Å². The summed E-state index contributed by atoms with van der Waals surface area (Å²) in [6.45, 7) is 1.93. The maximum Gasteiger partial charge on any atom is 0.438 e. The minimum Gasteiger partial charge on any atom is -0.340 e. The Morgan fingerprint density at radius 1 is 1.27 bits per heavy atom. The van der Waals surface area contributed by atoms with E-state index >= 15 is 0 Å². The molecule has 1 atom stereocenters. The molecule has 0 bridgehead atoms. The second kappa shape index (κ2) is 6.33. The summed E-state index contributed by atoms with van der Waals surface area (Å²) in [4.78, 5) is 41.2. The van der Waals surface area contributed by atoms with Crippen molar-refractivity contribution in [1.82, 2.24) is 19.9 Å². The number of aromatic amines is 1. The molecular formula is C14H20N4O4. The molecule has 22 heavy (non-hydrogen) atoms. The zero-order chi connectivity index (χ0) is 15.5. The van der Waals surface area contributed by atoms with Gasteiger partial charge in [0.2, 0.25) is 11.8 Å². The first kappa shape index (κ1) is 14.8. The van der Waals surface area contributed by atoms with Crippen molar-refractivity contribution >= 4 is 11.8 Å². The second-order valence-electron chi connectivity index (χ2n) is 5.93. The van der Waals surface area contributed by atoms with Crippen LogP contribution in [0.4, 0.5) is 0 Å². The Labute approximate surface area is 127 Å². The molecule has 2 fully saturated rings. The predicted octanol–water partition coefficient (Wildman–Crippen LogP) is 0.0814. The first-order chi connectivity index (χ1) is 10.6. The average molecular weight is 308 g/mol. The van der Waals surface area contributed by atoms with E-state index < -0.39 is 5.76 Å². The highest BCUT2D eigenvalue weighted by atomic mass is 16.5. The van der Waals surface area contributed by atoms with Gasteiger partial charge in [0.15, 0.2) is 5.82 Å². The number of aromatic nitrogens is 2. The number of hydrogen-bond donors (Lipinski definition) is 1. The zero-order valence-electron chi connectivity index (χ0n) is 12.4. The van der Waals surface area contributed by atoms with Crippen molar-refractivity contribution in [2.24, 2.45) is 0 Å². The molecule has 1 aromatic rings. The summed E-state index contributed by atoms with van der Waals surface area (Å²) in [5.74, 6) is -0.0534. The summed E-state index contributed by atoms with van der Waals surface area (Å²) in [7, 11) is 0. The van der Waals surface area contributed by atoms with Crippen LogP contribution in [-0.4, -0.2) is 57.9 Å². The quantitative estimate of drug-likeness (QED) is 0.852. The summed E-state index contributed by atoms with van der Waals surface area (Å²) < 4.78 is 4.50. The Balaban J connectivity index is 1.57. The minimum atomic E-state index is -0.574. The van der Waals surface area contributed by atoms with Crippen LogP contribution in [0.5, 0.6) is 0 Å². The Hall–Kier alpha value is -2.12. The molecule has 8 heteroatoms. The highest BCUT2D eigenvalue weighted by Crippen LogP contribution is 2.24. The van der Waals surface area contributed by atoms with Gasteiger partial charge in [-0.2, -0.15) is 0 Å². The molecule has 3 rings (SSSR count). The monoisotopic (exact) mass is 308 g/mol. The van der Waals surface area contributed by atoms with E-state index in [1.807, 2.05) is 0 Å². The third-order valence-electron chi connectivity index (χ3n) is 4.38. The van der Waals surface area contributed by atoms with Gasteiger partial charge in [-0.05, 0) is 19.3 Å². The van der Waals surface area contributed by atoms with Gasteiger partial charge >= 0.3 is 5.76 Å². The van der Waals surface area contributed by atoms with Crippen LogP contribution < -0.4 is 5.76 Å². The van der Waals surface area contributed by atoms with Crippen molar-refractivity contribution in [3.63, 3.8) is 0 Å². The minimum absolute atomic E-state index is 0.00441. The third kappa shape index (κ3) is 3.20. The van der Waals surface area contributed by atoms with Gasteiger partial charge in [-0.25, -0.2) is 4.79 Å². The van der Waals surface area contributed by atoms with Crippen molar-refractivity contribution in [3.05, 3.63) is 16.4 Å². The lowest BCUT2D eigenvalue weighted by molar-refractivity contribution is -0.139. The van der Waals surface area contributed by atoms with E-state index in [2.05, 4.69) is 14.7 Å². The molecular weight excluding hydrogens is 288 g/mol. The number of carbonyl (C=O) groups is 2. The number of amides is 2. The molecule has 0 aromatic carbocycles. The topological polar surface area (TPSA) is 99.5 Å². The molecule has 1 aromatic heterocycles. The van der Waals surface area contributed by atoms with Crippen molar-refractivity contribution < 1.29 is 14.1 Å². The second-order valence-corrected chi connectivity index (χ2v) is 5.93. The molecule has 2 amide bonds. The van der Waals surface area contributed by atoms with E-state index in [9.17, 15) is 14.4 Å². The van der Waals surface area contributed by atoms with Gasteiger partial charge in [0.25, 0.3) is 0 Å². The fourth-order valence-corrected chi connectivity index (χ4v) is 3.10.